The Hall–Kier alpha value is -0.910. The van der Waals surface area contributed by atoms with Gasteiger partial charge in [0.25, 0.3) is 0 Å². The Balaban J connectivity index is 2.10. The monoisotopic (exact) mass is 310 g/mol. The molecule has 0 radical (unpaired) electrons. The van der Waals surface area contributed by atoms with Gasteiger partial charge in [-0.05, 0) is 49.4 Å². The van der Waals surface area contributed by atoms with Crippen molar-refractivity contribution in [2.24, 2.45) is 5.92 Å². The zero-order valence-electron chi connectivity index (χ0n) is 12.9. The molecule has 118 valence electrons. The number of benzene rings is 1. The lowest BCUT2D eigenvalue weighted by Crippen LogP contribution is -2.32. The van der Waals surface area contributed by atoms with Crippen molar-refractivity contribution in [2.75, 3.05) is 13.1 Å². The van der Waals surface area contributed by atoms with Gasteiger partial charge in [-0.3, -0.25) is 0 Å². The lowest BCUT2D eigenvalue weighted by molar-refractivity contribution is 0.316. The second-order valence-electron chi connectivity index (χ2n) is 5.74. The van der Waals surface area contributed by atoms with E-state index in [0.717, 1.165) is 31.4 Å². The Kier molecular flexibility index (Phi) is 5.79. The fraction of sp³-hybridized carbons (Fsp3) is 0.625. The molecule has 0 aromatic heterocycles. The van der Waals surface area contributed by atoms with Crippen molar-refractivity contribution in [1.82, 2.24) is 10.0 Å². The van der Waals surface area contributed by atoms with E-state index >= 15 is 0 Å². The Morgan fingerprint density at radius 1 is 1.29 bits per heavy atom. The fourth-order valence-electron chi connectivity index (χ4n) is 2.65. The first-order valence-electron chi connectivity index (χ1n) is 7.89. The highest BCUT2D eigenvalue weighted by molar-refractivity contribution is 7.89. The summed E-state index contributed by atoms with van der Waals surface area (Å²) < 4.78 is 27.5. The van der Waals surface area contributed by atoms with Crippen LogP contribution >= 0.6 is 0 Å². The molecular weight excluding hydrogens is 284 g/mol. The quantitative estimate of drug-likeness (QED) is 0.776. The third-order valence-electron chi connectivity index (χ3n) is 4.22. The van der Waals surface area contributed by atoms with Gasteiger partial charge in [-0.15, -0.1) is 0 Å². The topological polar surface area (TPSA) is 58.2 Å². The first-order chi connectivity index (χ1) is 10.1. The van der Waals surface area contributed by atoms with E-state index in [0.29, 0.717) is 17.4 Å². The molecular formula is C16H26N2O2S. The number of sulfonamides is 1. The van der Waals surface area contributed by atoms with E-state index in [2.05, 4.69) is 23.9 Å². The molecule has 0 bridgehead atoms. The third kappa shape index (κ3) is 4.28. The number of hydrogen-bond acceptors (Lipinski definition) is 3. The molecule has 1 aromatic carbocycles. The Morgan fingerprint density at radius 2 is 2.05 bits per heavy atom. The van der Waals surface area contributed by atoms with Crippen LogP contribution in [0.5, 0.6) is 0 Å². The number of rotatable bonds is 8. The van der Waals surface area contributed by atoms with Crippen molar-refractivity contribution >= 4 is 10.0 Å². The molecule has 1 atom stereocenters. The van der Waals surface area contributed by atoms with E-state index in [1.807, 2.05) is 12.1 Å². The van der Waals surface area contributed by atoms with Gasteiger partial charge in [0, 0.05) is 12.6 Å². The Labute approximate surface area is 128 Å². The standard InChI is InChI=1S/C16H26N2O2S/c1-3-16(17-4-2)14-9-6-10-15(11-14)21(19,20)18-12-13-7-5-8-13/h6,9-11,13,16-18H,3-5,7-8,12H2,1-2H3. The van der Waals surface area contributed by atoms with Crippen molar-refractivity contribution < 1.29 is 8.42 Å². The summed E-state index contributed by atoms with van der Waals surface area (Å²) in [4.78, 5) is 0.371. The van der Waals surface area contributed by atoms with E-state index in [4.69, 9.17) is 0 Å². The molecule has 1 aromatic rings. The van der Waals surface area contributed by atoms with Crippen LogP contribution < -0.4 is 10.0 Å². The second-order valence-corrected chi connectivity index (χ2v) is 7.51. The number of nitrogens with one attached hydrogen (secondary N) is 2. The van der Waals surface area contributed by atoms with E-state index < -0.39 is 10.0 Å². The highest BCUT2D eigenvalue weighted by Crippen LogP contribution is 2.26. The molecule has 1 aliphatic rings. The molecule has 2 rings (SSSR count). The van der Waals surface area contributed by atoms with Crippen LogP contribution in [0.4, 0.5) is 0 Å². The average Bonchev–Trinajstić information content (AvgIpc) is 2.43. The van der Waals surface area contributed by atoms with Gasteiger partial charge < -0.3 is 5.32 Å². The predicted molar refractivity (Wildman–Crippen MR) is 85.7 cm³/mol. The minimum atomic E-state index is -3.39. The molecule has 2 N–H and O–H groups in total. The average molecular weight is 310 g/mol. The minimum Gasteiger partial charge on any atom is -0.310 e. The van der Waals surface area contributed by atoms with Gasteiger partial charge in [0.05, 0.1) is 4.90 Å². The van der Waals surface area contributed by atoms with E-state index in [1.54, 1.807) is 12.1 Å². The van der Waals surface area contributed by atoms with Crippen molar-refractivity contribution in [1.29, 1.82) is 0 Å². The summed E-state index contributed by atoms with van der Waals surface area (Å²) in [6, 6.07) is 7.48. The third-order valence-corrected chi connectivity index (χ3v) is 5.64. The predicted octanol–water partition coefficient (Wildman–Crippen LogP) is 2.83. The van der Waals surface area contributed by atoms with Crippen LogP contribution in [0.25, 0.3) is 0 Å². The maximum Gasteiger partial charge on any atom is 0.240 e. The summed E-state index contributed by atoms with van der Waals surface area (Å²) in [6.45, 7) is 5.60. The largest absolute Gasteiger partial charge is 0.310 e. The van der Waals surface area contributed by atoms with Crippen LogP contribution in [0.3, 0.4) is 0 Å². The molecule has 0 heterocycles. The molecule has 0 aliphatic heterocycles. The van der Waals surface area contributed by atoms with Gasteiger partial charge in [-0.1, -0.05) is 32.4 Å². The lowest BCUT2D eigenvalue weighted by Gasteiger charge is -2.25. The molecule has 1 fully saturated rings. The summed E-state index contributed by atoms with van der Waals surface area (Å²) in [6.07, 6.45) is 4.44. The smallest absolute Gasteiger partial charge is 0.240 e. The van der Waals surface area contributed by atoms with Crippen molar-refractivity contribution in [3.8, 4) is 0 Å². The summed E-state index contributed by atoms with van der Waals surface area (Å²) in [5.74, 6) is 0.521. The van der Waals surface area contributed by atoms with Crippen LogP contribution in [0, 0.1) is 5.92 Å². The molecule has 1 aliphatic carbocycles. The molecule has 1 saturated carbocycles. The zero-order valence-corrected chi connectivity index (χ0v) is 13.7. The van der Waals surface area contributed by atoms with E-state index in [1.165, 1.54) is 6.42 Å². The lowest BCUT2D eigenvalue weighted by atomic mass is 9.86. The first-order valence-corrected chi connectivity index (χ1v) is 9.38. The molecule has 4 nitrogen and oxygen atoms in total. The van der Waals surface area contributed by atoms with Gasteiger partial charge in [0.15, 0.2) is 0 Å². The minimum absolute atomic E-state index is 0.205. The van der Waals surface area contributed by atoms with Crippen LogP contribution in [0.15, 0.2) is 29.2 Å². The summed E-state index contributed by atoms with van der Waals surface area (Å²) >= 11 is 0. The van der Waals surface area contributed by atoms with Crippen LogP contribution in [0.1, 0.15) is 51.1 Å². The fourth-order valence-corrected chi connectivity index (χ4v) is 3.82. The van der Waals surface area contributed by atoms with Gasteiger partial charge in [0.2, 0.25) is 10.0 Å². The van der Waals surface area contributed by atoms with Crippen molar-refractivity contribution in [2.45, 2.75) is 50.5 Å². The summed E-state index contributed by atoms with van der Waals surface area (Å²) in [5, 5.41) is 3.38. The molecule has 0 spiro atoms. The van der Waals surface area contributed by atoms with Crippen LogP contribution in [0.2, 0.25) is 0 Å². The summed E-state index contributed by atoms with van der Waals surface area (Å²) in [7, 11) is -3.39. The molecule has 21 heavy (non-hydrogen) atoms. The van der Waals surface area contributed by atoms with E-state index in [-0.39, 0.29) is 6.04 Å². The van der Waals surface area contributed by atoms with Gasteiger partial charge in [0.1, 0.15) is 0 Å². The van der Waals surface area contributed by atoms with Gasteiger partial charge >= 0.3 is 0 Å². The van der Waals surface area contributed by atoms with Crippen LogP contribution in [-0.4, -0.2) is 21.5 Å². The SMILES string of the molecule is CCNC(CC)c1cccc(S(=O)(=O)NCC2CCC2)c1. The van der Waals surface area contributed by atoms with Crippen molar-refractivity contribution in [3.63, 3.8) is 0 Å². The normalized spacial score (nSPS) is 17.4. The molecule has 0 amide bonds. The van der Waals surface area contributed by atoms with Gasteiger partial charge in [-0.25, -0.2) is 13.1 Å². The molecule has 1 unspecified atom stereocenters. The Morgan fingerprint density at radius 3 is 2.62 bits per heavy atom. The maximum atomic E-state index is 12.4. The van der Waals surface area contributed by atoms with E-state index in [9.17, 15) is 8.42 Å². The maximum absolute atomic E-state index is 12.4. The number of hydrogen-bond donors (Lipinski definition) is 2. The molecule has 5 heteroatoms. The van der Waals surface area contributed by atoms with Gasteiger partial charge in [-0.2, -0.15) is 0 Å². The summed E-state index contributed by atoms with van der Waals surface area (Å²) in [5.41, 5.74) is 1.03. The first kappa shape index (κ1) is 16.5. The van der Waals surface area contributed by atoms with Crippen molar-refractivity contribution in [3.05, 3.63) is 29.8 Å². The highest BCUT2D eigenvalue weighted by atomic mass is 32.2. The second kappa shape index (κ2) is 7.38. The Bertz CT molecular complexity index is 553. The zero-order chi connectivity index (χ0) is 15.3. The molecule has 0 saturated heterocycles. The van der Waals surface area contributed by atoms with Crippen LogP contribution in [-0.2, 0) is 10.0 Å². The highest BCUT2D eigenvalue weighted by Gasteiger charge is 2.22.